The largest absolute Gasteiger partial charge is 0.503 e. The van der Waals surface area contributed by atoms with Crippen LogP contribution in [0.3, 0.4) is 0 Å². The number of phenols is 5. The number of carbonyl (C=O) groups is 3. The van der Waals surface area contributed by atoms with Crippen molar-refractivity contribution in [2.24, 2.45) is 0 Å². The minimum Gasteiger partial charge on any atom is -0.503 e. The number of hydrogen-bond donors (Lipinski definition) is 6. The quantitative estimate of drug-likeness (QED) is 0.131. The number of aromatic nitrogens is 3. The van der Waals surface area contributed by atoms with Gasteiger partial charge in [-0.05, 0) is 42.5 Å². The molecule has 1 aliphatic rings. The normalized spacial score (nSPS) is 13.4. The zero-order chi connectivity index (χ0) is 27.7. The zero-order valence-electron chi connectivity index (χ0n) is 20.0. The number of nitrogens with zero attached hydrogens (tertiary/aromatic N) is 4. The van der Waals surface area contributed by atoms with E-state index in [2.05, 4.69) is 15.6 Å². The van der Waals surface area contributed by atoms with Gasteiger partial charge < -0.3 is 40.5 Å². The third-order valence-corrected chi connectivity index (χ3v) is 6.38. The van der Waals surface area contributed by atoms with Gasteiger partial charge in [-0.1, -0.05) is 5.21 Å². The van der Waals surface area contributed by atoms with E-state index in [1.54, 1.807) is 0 Å². The summed E-state index contributed by atoms with van der Waals surface area (Å²) in [6.07, 6.45) is 2.49. The topological polar surface area (TPSA) is 198 Å². The molecular formula is C24H24FN5O8. The van der Waals surface area contributed by atoms with Crippen molar-refractivity contribution < 1.29 is 44.3 Å². The molecule has 0 spiro atoms. The fourth-order valence-electron chi connectivity index (χ4n) is 4.44. The minimum atomic E-state index is -1.11. The van der Waals surface area contributed by atoms with Crippen LogP contribution in [0.25, 0.3) is 5.69 Å². The molecule has 2 heterocycles. The van der Waals surface area contributed by atoms with Crippen LogP contribution in [0.1, 0.15) is 40.0 Å². The van der Waals surface area contributed by atoms with Gasteiger partial charge in [0.25, 0.3) is 5.91 Å². The number of aldehydes is 1. The molecule has 14 heteroatoms. The summed E-state index contributed by atoms with van der Waals surface area (Å²) in [4.78, 5) is 37.6. The van der Waals surface area contributed by atoms with E-state index >= 15 is 0 Å². The third kappa shape index (κ3) is 4.51. The van der Waals surface area contributed by atoms with E-state index in [1.165, 1.54) is 24.2 Å². The van der Waals surface area contributed by atoms with Crippen LogP contribution in [0.5, 0.6) is 28.7 Å². The molecule has 3 aromatic rings. The number of fused-ring (bicyclic) bond motifs is 1. The predicted octanol–water partition coefficient (Wildman–Crippen LogP) is 0.769. The molecule has 1 aromatic heterocycles. The SMILES string of the molecule is CNC(=O)C(CCC=O)N1Cc2c(CCc3cn(-c4c(O)c(O)c(O)c(O)c4O)nn3)cc(F)cc2C1=O. The van der Waals surface area contributed by atoms with Gasteiger partial charge >= 0.3 is 0 Å². The molecule has 0 saturated carbocycles. The fourth-order valence-corrected chi connectivity index (χ4v) is 4.44. The van der Waals surface area contributed by atoms with Crippen molar-refractivity contribution in [1.29, 1.82) is 0 Å². The maximum absolute atomic E-state index is 14.4. The van der Waals surface area contributed by atoms with Gasteiger partial charge in [0, 0.05) is 25.6 Å². The highest BCUT2D eigenvalue weighted by molar-refractivity contribution is 6.01. The predicted molar refractivity (Wildman–Crippen MR) is 127 cm³/mol. The number of amides is 2. The van der Waals surface area contributed by atoms with Crippen molar-refractivity contribution in [2.75, 3.05) is 7.05 Å². The number of hydrogen-bond acceptors (Lipinski definition) is 10. The second-order valence-electron chi connectivity index (χ2n) is 8.64. The molecule has 6 N–H and O–H groups in total. The zero-order valence-corrected chi connectivity index (χ0v) is 20.0. The molecule has 0 radical (unpaired) electrons. The monoisotopic (exact) mass is 529 g/mol. The Morgan fingerprint density at radius 2 is 1.76 bits per heavy atom. The van der Waals surface area contributed by atoms with Crippen LogP contribution in [-0.2, 0) is 29.0 Å². The van der Waals surface area contributed by atoms with Gasteiger partial charge in [-0.2, -0.15) is 0 Å². The third-order valence-electron chi connectivity index (χ3n) is 6.38. The molecule has 0 fully saturated rings. The van der Waals surface area contributed by atoms with Crippen molar-refractivity contribution in [3.63, 3.8) is 0 Å². The summed E-state index contributed by atoms with van der Waals surface area (Å²) >= 11 is 0. The standard InChI is InChI=1S/C24H24FN5O8/c1-26-23(37)16(3-2-6-31)29-10-15-11(7-12(25)8-14(15)24(29)38)4-5-13-9-30(28-27-13)17-18(32)20(34)22(36)21(35)19(17)33/h6-9,16,32-36H,2-5,10H2,1H3,(H,26,37). The molecule has 2 amide bonds. The van der Waals surface area contributed by atoms with E-state index in [0.29, 0.717) is 23.1 Å². The lowest BCUT2D eigenvalue weighted by atomic mass is 9.98. The summed E-state index contributed by atoms with van der Waals surface area (Å²) in [7, 11) is 1.42. The maximum Gasteiger partial charge on any atom is 0.255 e. The summed E-state index contributed by atoms with van der Waals surface area (Å²) in [6, 6.07) is 1.47. The molecular weight excluding hydrogens is 505 g/mol. The average molecular weight is 529 g/mol. The first kappa shape index (κ1) is 26.2. The van der Waals surface area contributed by atoms with E-state index in [-0.39, 0.29) is 37.8 Å². The van der Waals surface area contributed by atoms with Crippen LogP contribution in [0.2, 0.25) is 0 Å². The molecule has 4 rings (SSSR count). The number of halogens is 1. The second-order valence-corrected chi connectivity index (χ2v) is 8.64. The number of rotatable bonds is 9. The van der Waals surface area contributed by atoms with Crippen LogP contribution in [0, 0.1) is 5.82 Å². The maximum atomic E-state index is 14.4. The van der Waals surface area contributed by atoms with Crippen molar-refractivity contribution in [1.82, 2.24) is 25.2 Å². The van der Waals surface area contributed by atoms with E-state index < -0.39 is 58.1 Å². The average Bonchev–Trinajstić information content (AvgIpc) is 3.50. The fraction of sp³-hybridized carbons (Fsp3) is 0.292. The smallest absolute Gasteiger partial charge is 0.255 e. The Kier molecular flexibility index (Phi) is 7.06. The molecule has 0 bridgehead atoms. The molecule has 2 aromatic carbocycles. The van der Waals surface area contributed by atoms with Gasteiger partial charge in [-0.25, -0.2) is 9.07 Å². The Bertz CT molecular complexity index is 1410. The van der Waals surface area contributed by atoms with Crippen molar-refractivity contribution in [3.8, 4) is 34.4 Å². The van der Waals surface area contributed by atoms with Gasteiger partial charge in [-0.3, -0.25) is 9.59 Å². The van der Waals surface area contributed by atoms with Crippen molar-refractivity contribution >= 4 is 18.1 Å². The second kappa shape index (κ2) is 10.2. The van der Waals surface area contributed by atoms with Gasteiger partial charge in [0.2, 0.25) is 23.2 Å². The Morgan fingerprint density at radius 1 is 1.11 bits per heavy atom. The van der Waals surface area contributed by atoms with E-state index in [0.717, 1.165) is 10.7 Å². The number of aromatic hydroxyl groups is 5. The van der Waals surface area contributed by atoms with Crippen LogP contribution < -0.4 is 5.32 Å². The van der Waals surface area contributed by atoms with E-state index in [1.807, 2.05) is 0 Å². The van der Waals surface area contributed by atoms with Crippen LogP contribution in [0.4, 0.5) is 4.39 Å². The summed E-state index contributed by atoms with van der Waals surface area (Å²) < 4.78 is 15.3. The Labute approximate surface area is 214 Å². The molecule has 1 unspecified atom stereocenters. The number of likely N-dealkylation sites (N-methyl/N-ethyl adjacent to an activating group) is 1. The van der Waals surface area contributed by atoms with E-state index in [4.69, 9.17) is 0 Å². The minimum absolute atomic E-state index is 0.0429. The van der Waals surface area contributed by atoms with Gasteiger partial charge in [0.1, 0.15) is 18.1 Å². The number of carbonyl (C=O) groups excluding carboxylic acids is 3. The summed E-state index contributed by atoms with van der Waals surface area (Å²) in [6.45, 7) is 0.0429. The Balaban J connectivity index is 1.59. The Morgan fingerprint density at radius 3 is 2.39 bits per heavy atom. The van der Waals surface area contributed by atoms with Crippen molar-refractivity contribution in [2.45, 2.75) is 38.3 Å². The number of aryl methyl sites for hydroxylation is 2. The summed E-state index contributed by atoms with van der Waals surface area (Å²) in [5.41, 5.74) is 0.923. The molecule has 200 valence electrons. The lowest BCUT2D eigenvalue weighted by Gasteiger charge is -2.25. The Hall–Kier alpha value is -4.88. The molecule has 1 atom stereocenters. The van der Waals surface area contributed by atoms with Crippen LogP contribution in [0.15, 0.2) is 18.3 Å². The highest BCUT2D eigenvalue weighted by Gasteiger charge is 2.37. The number of benzene rings is 2. The lowest BCUT2D eigenvalue weighted by molar-refractivity contribution is -0.125. The van der Waals surface area contributed by atoms with Gasteiger partial charge in [0.15, 0.2) is 17.2 Å². The molecule has 13 nitrogen and oxygen atoms in total. The molecule has 0 saturated heterocycles. The van der Waals surface area contributed by atoms with Crippen LogP contribution >= 0.6 is 0 Å². The van der Waals surface area contributed by atoms with Crippen LogP contribution in [-0.4, -0.2) is 76.6 Å². The lowest BCUT2D eigenvalue weighted by Crippen LogP contribution is -2.46. The number of nitrogens with one attached hydrogen (secondary N) is 1. The first-order valence-electron chi connectivity index (χ1n) is 11.5. The summed E-state index contributed by atoms with van der Waals surface area (Å²) in [5, 5.41) is 59.4. The van der Waals surface area contributed by atoms with Gasteiger partial charge in [-0.15, -0.1) is 5.10 Å². The van der Waals surface area contributed by atoms with Crippen molar-refractivity contribution in [3.05, 3.63) is 46.5 Å². The van der Waals surface area contributed by atoms with Gasteiger partial charge in [0.05, 0.1) is 11.9 Å². The highest BCUT2D eigenvalue weighted by atomic mass is 19.1. The summed E-state index contributed by atoms with van der Waals surface area (Å²) in [5.74, 6) is -6.76. The first-order chi connectivity index (χ1) is 18.1. The van der Waals surface area contributed by atoms with E-state index in [9.17, 15) is 44.3 Å². The first-order valence-corrected chi connectivity index (χ1v) is 11.5. The number of phenolic OH excluding ortho intramolecular Hbond substituents is 5. The molecule has 1 aliphatic heterocycles. The highest BCUT2D eigenvalue weighted by Crippen LogP contribution is 2.52. The molecule has 0 aliphatic carbocycles. The molecule has 38 heavy (non-hydrogen) atoms.